The third kappa shape index (κ3) is 3.35. The lowest BCUT2D eigenvalue weighted by Gasteiger charge is -2.47. The number of ether oxygens (including phenoxy) is 1. The molecule has 1 unspecified atom stereocenters. The molecule has 0 bridgehead atoms. The second-order valence-corrected chi connectivity index (χ2v) is 6.79. The number of aromatic nitrogens is 2. The van der Waals surface area contributed by atoms with E-state index < -0.39 is 0 Å². The fourth-order valence-electron chi connectivity index (χ4n) is 3.24. The Morgan fingerprint density at radius 2 is 2.14 bits per heavy atom. The quantitative estimate of drug-likeness (QED) is 0.774. The molecule has 0 aliphatic heterocycles. The van der Waals surface area contributed by atoms with Crippen molar-refractivity contribution in [3.63, 3.8) is 0 Å². The van der Waals surface area contributed by atoms with E-state index in [1.165, 1.54) is 12.1 Å². The van der Waals surface area contributed by atoms with Crippen molar-refractivity contribution in [3.05, 3.63) is 15.9 Å². The van der Waals surface area contributed by atoms with Gasteiger partial charge in [-0.3, -0.25) is 4.68 Å². The van der Waals surface area contributed by atoms with Crippen LogP contribution in [0.15, 0.2) is 4.47 Å². The van der Waals surface area contributed by atoms with Crippen molar-refractivity contribution in [2.24, 2.45) is 0 Å². The first-order valence-electron chi connectivity index (χ1n) is 8.08. The molecule has 0 radical (unpaired) electrons. The molecule has 1 aromatic heterocycles. The van der Waals surface area contributed by atoms with Crippen LogP contribution in [0.2, 0.25) is 0 Å². The van der Waals surface area contributed by atoms with Gasteiger partial charge in [-0.05, 0) is 62.0 Å². The average molecular weight is 358 g/mol. The topological polar surface area (TPSA) is 39.1 Å². The second kappa shape index (κ2) is 7.25. The summed E-state index contributed by atoms with van der Waals surface area (Å²) in [6.07, 6.45) is 5.68. The zero-order valence-corrected chi connectivity index (χ0v) is 15.3. The normalized spacial score (nSPS) is 18.5. The standard InChI is InChI=1S/C16H28BrN3O/c1-5-10-18-14(16(21-4)8-7-9-16)11-13-15(17)12(3)19-20(13)6-2/h14,18H,5-11H2,1-4H3. The third-order valence-electron chi connectivity index (χ3n) is 4.73. The molecule has 1 fully saturated rings. The first-order valence-corrected chi connectivity index (χ1v) is 8.87. The van der Waals surface area contributed by atoms with Gasteiger partial charge in [0.2, 0.25) is 0 Å². The Morgan fingerprint density at radius 3 is 2.62 bits per heavy atom. The first-order chi connectivity index (χ1) is 10.1. The molecule has 0 aromatic carbocycles. The van der Waals surface area contributed by atoms with Crippen molar-refractivity contribution < 1.29 is 4.74 Å². The molecule has 4 nitrogen and oxygen atoms in total. The minimum Gasteiger partial charge on any atom is -0.377 e. The van der Waals surface area contributed by atoms with Crippen LogP contribution >= 0.6 is 15.9 Å². The fourth-order valence-corrected chi connectivity index (χ4v) is 3.69. The average Bonchev–Trinajstić information content (AvgIpc) is 2.71. The maximum absolute atomic E-state index is 5.92. The maximum atomic E-state index is 5.92. The van der Waals surface area contributed by atoms with Crippen LogP contribution in [0.1, 0.15) is 50.9 Å². The summed E-state index contributed by atoms with van der Waals surface area (Å²) in [7, 11) is 1.86. The Kier molecular flexibility index (Phi) is 5.86. The van der Waals surface area contributed by atoms with Gasteiger partial charge in [0, 0.05) is 26.1 Å². The van der Waals surface area contributed by atoms with Gasteiger partial charge in [-0.2, -0.15) is 5.10 Å². The number of hydrogen-bond donors (Lipinski definition) is 1. The van der Waals surface area contributed by atoms with Crippen molar-refractivity contribution in [1.29, 1.82) is 0 Å². The van der Waals surface area contributed by atoms with Gasteiger partial charge in [0.15, 0.2) is 0 Å². The molecule has 5 heteroatoms. The number of methoxy groups -OCH3 is 1. The number of rotatable bonds is 8. The highest BCUT2D eigenvalue weighted by molar-refractivity contribution is 9.10. The Bertz CT molecular complexity index is 463. The Morgan fingerprint density at radius 1 is 1.43 bits per heavy atom. The van der Waals surface area contributed by atoms with Crippen LogP contribution in [0, 0.1) is 6.92 Å². The number of hydrogen-bond acceptors (Lipinski definition) is 3. The van der Waals surface area contributed by atoms with Crippen molar-refractivity contribution in [2.75, 3.05) is 13.7 Å². The number of nitrogens with zero attached hydrogens (tertiary/aromatic N) is 2. The van der Waals surface area contributed by atoms with Gasteiger partial charge in [0.05, 0.1) is 21.5 Å². The van der Waals surface area contributed by atoms with E-state index in [1.54, 1.807) is 0 Å². The van der Waals surface area contributed by atoms with E-state index in [-0.39, 0.29) is 5.60 Å². The predicted molar refractivity (Wildman–Crippen MR) is 89.7 cm³/mol. The van der Waals surface area contributed by atoms with Gasteiger partial charge in [-0.15, -0.1) is 0 Å². The highest BCUT2D eigenvalue weighted by Crippen LogP contribution is 2.40. The first kappa shape index (κ1) is 17.0. The van der Waals surface area contributed by atoms with E-state index in [1.807, 2.05) is 7.11 Å². The largest absolute Gasteiger partial charge is 0.377 e. The molecule has 0 amide bonds. The molecular formula is C16H28BrN3O. The van der Waals surface area contributed by atoms with E-state index in [9.17, 15) is 0 Å². The Labute approximate surface area is 136 Å². The third-order valence-corrected chi connectivity index (χ3v) is 5.76. The molecule has 1 aromatic rings. The van der Waals surface area contributed by atoms with Gasteiger partial charge in [0.1, 0.15) is 0 Å². The van der Waals surface area contributed by atoms with E-state index in [0.717, 1.165) is 48.9 Å². The number of nitrogens with one attached hydrogen (secondary N) is 1. The second-order valence-electron chi connectivity index (χ2n) is 6.00. The van der Waals surface area contributed by atoms with Crippen molar-refractivity contribution >= 4 is 15.9 Å². The Hall–Kier alpha value is -0.390. The number of aryl methyl sites for hydroxylation is 2. The SMILES string of the molecule is CCCNC(Cc1c(Br)c(C)nn1CC)C1(OC)CCC1. The summed E-state index contributed by atoms with van der Waals surface area (Å²) in [6.45, 7) is 8.35. The highest BCUT2D eigenvalue weighted by Gasteiger charge is 2.44. The summed E-state index contributed by atoms with van der Waals surface area (Å²) in [5.41, 5.74) is 2.36. The minimum atomic E-state index is 0.00531. The van der Waals surface area contributed by atoms with Crippen molar-refractivity contribution in [1.82, 2.24) is 15.1 Å². The summed E-state index contributed by atoms with van der Waals surface area (Å²) in [5, 5.41) is 8.33. The smallest absolute Gasteiger partial charge is 0.0834 e. The maximum Gasteiger partial charge on any atom is 0.0834 e. The summed E-state index contributed by atoms with van der Waals surface area (Å²) in [4.78, 5) is 0. The summed E-state index contributed by atoms with van der Waals surface area (Å²) >= 11 is 3.72. The van der Waals surface area contributed by atoms with Crippen LogP contribution in [0.25, 0.3) is 0 Å². The summed E-state index contributed by atoms with van der Waals surface area (Å²) in [6, 6.07) is 0.355. The van der Waals surface area contributed by atoms with Gasteiger partial charge >= 0.3 is 0 Å². The molecule has 1 aliphatic carbocycles. The molecule has 1 aliphatic rings. The van der Waals surface area contributed by atoms with Crippen molar-refractivity contribution in [3.8, 4) is 0 Å². The van der Waals surface area contributed by atoms with Crippen LogP contribution in [0.5, 0.6) is 0 Å². The zero-order valence-electron chi connectivity index (χ0n) is 13.7. The van der Waals surface area contributed by atoms with Crippen LogP contribution in [0.3, 0.4) is 0 Å². The van der Waals surface area contributed by atoms with E-state index in [4.69, 9.17) is 4.74 Å². The van der Waals surface area contributed by atoms with E-state index in [0.29, 0.717) is 6.04 Å². The molecule has 1 N–H and O–H groups in total. The van der Waals surface area contributed by atoms with Gasteiger partial charge < -0.3 is 10.1 Å². The number of halogens is 1. The molecule has 0 saturated heterocycles. The molecule has 0 spiro atoms. The highest BCUT2D eigenvalue weighted by atomic mass is 79.9. The van der Waals surface area contributed by atoms with Crippen molar-refractivity contribution in [2.45, 2.75) is 71.1 Å². The molecule has 21 heavy (non-hydrogen) atoms. The van der Waals surface area contributed by atoms with Crippen LogP contribution < -0.4 is 5.32 Å². The van der Waals surface area contributed by atoms with Gasteiger partial charge in [-0.25, -0.2) is 0 Å². The molecule has 1 saturated carbocycles. The molecule has 1 atom stereocenters. The van der Waals surface area contributed by atoms with E-state index >= 15 is 0 Å². The summed E-state index contributed by atoms with van der Waals surface area (Å²) < 4.78 is 9.18. The lowest BCUT2D eigenvalue weighted by molar-refractivity contribution is -0.0984. The minimum absolute atomic E-state index is 0.00531. The lowest BCUT2D eigenvalue weighted by Crippen LogP contribution is -2.57. The van der Waals surface area contributed by atoms with Gasteiger partial charge in [0.25, 0.3) is 0 Å². The van der Waals surface area contributed by atoms with Crippen LogP contribution in [-0.2, 0) is 17.7 Å². The molecule has 1 heterocycles. The van der Waals surface area contributed by atoms with Crippen LogP contribution in [0.4, 0.5) is 0 Å². The molecule has 2 rings (SSSR count). The van der Waals surface area contributed by atoms with E-state index in [2.05, 4.69) is 51.8 Å². The van der Waals surface area contributed by atoms with Gasteiger partial charge in [-0.1, -0.05) is 6.92 Å². The Balaban J connectivity index is 2.22. The van der Waals surface area contributed by atoms with Crippen LogP contribution in [-0.4, -0.2) is 35.1 Å². The molecule has 120 valence electrons. The lowest BCUT2D eigenvalue weighted by atomic mass is 9.73. The molecular weight excluding hydrogens is 330 g/mol. The summed E-state index contributed by atoms with van der Waals surface area (Å²) in [5.74, 6) is 0. The predicted octanol–water partition coefficient (Wildman–Crippen LogP) is 3.45. The fraction of sp³-hybridized carbons (Fsp3) is 0.812. The monoisotopic (exact) mass is 357 g/mol. The zero-order chi connectivity index (χ0) is 15.5.